The van der Waals surface area contributed by atoms with Crippen LogP contribution in [0.3, 0.4) is 0 Å². The van der Waals surface area contributed by atoms with Gasteiger partial charge in [-0.15, -0.1) is 0 Å². The van der Waals surface area contributed by atoms with E-state index in [9.17, 15) is 26.4 Å². The Kier molecular flexibility index (Phi) is 5.88. The van der Waals surface area contributed by atoms with Crippen LogP contribution in [0, 0.1) is 5.92 Å². The average Bonchev–Trinajstić information content (AvgIpc) is 2.67. The van der Waals surface area contributed by atoms with Gasteiger partial charge in [-0.25, -0.2) is 8.42 Å². The summed E-state index contributed by atoms with van der Waals surface area (Å²) in [6, 6.07) is 9.57. The highest BCUT2D eigenvalue weighted by Gasteiger charge is 2.32. The molecule has 2 aromatic rings. The van der Waals surface area contributed by atoms with E-state index in [0.717, 1.165) is 31.0 Å². The summed E-state index contributed by atoms with van der Waals surface area (Å²) >= 11 is 0. The van der Waals surface area contributed by atoms with Gasteiger partial charge in [0.25, 0.3) is 15.9 Å². The smallest absolute Gasteiger partial charge is 0.338 e. The number of sulfonamides is 1. The number of amides is 1. The van der Waals surface area contributed by atoms with Crippen LogP contribution in [0.4, 0.5) is 18.9 Å². The number of nitrogens with zero attached hydrogens (tertiary/aromatic N) is 1. The van der Waals surface area contributed by atoms with Crippen LogP contribution in [0.1, 0.15) is 35.7 Å². The lowest BCUT2D eigenvalue weighted by Crippen LogP contribution is -2.39. The predicted molar refractivity (Wildman–Crippen MR) is 103 cm³/mol. The van der Waals surface area contributed by atoms with Gasteiger partial charge in [-0.05, 0) is 49.1 Å². The number of rotatable bonds is 4. The largest absolute Gasteiger partial charge is 0.416 e. The minimum atomic E-state index is -4.66. The Labute approximate surface area is 167 Å². The Morgan fingerprint density at radius 3 is 2.55 bits per heavy atom. The number of anilines is 1. The van der Waals surface area contributed by atoms with Crippen LogP contribution < -0.4 is 4.72 Å². The predicted octanol–water partition coefficient (Wildman–Crippen LogP) is 4.38. The Morgan fingerprint density at radius 2 is 1.86 bits per heavy atom. The number of hydrogen-bond donors (Lipinski definition) is 1. The highest BCUT2D eigenvalue weighted by atomic mass is 32.2. The second-order valence-corrected chi connectivity index (χ2v) is 8.86. The van der Waals surface area contributed by atoms with Crippen LogP contribution in [0.5, 0.6) is 0 Å². The highest BCUT2D eigenvalue weighted by Crippen LogP contribution is 2.31. The molecule has 1 aliphatic heterocycles. The van der Waals surface area contributed by atoms with Crippen molar-refractivity contribution in [1.82, 2.24) is 4.90 Å². The summed E-state index contributed by atoms with van der Waals surface area (Å²) in [5.41, 5.74) is -0.864. The molecule has 0 spiro atoms. The Hall–Kier alpha value is -2.55. The van der Waals surface area contributed by atoms with Crippen LogP contribution in [0.25, 0.3) is 0 Å². The van der Waals surface area contributed by atoms with Gasteiger partial charge in [-0.3, -0.25) is 9.52 Å². The summed E-state index contributed by atoms with van der Waals surface area (Å²) in [4.78, 5) is 14.1. The lowest BCUT2D eigenvalue weighted by molar-refractivity contribution is -0.137. The highest BCUT2D eigenvalue weighted by molar-refractivity contribution is 7.92. The van der Waals surface area contributed by atoms with Crippen LogP contribution in [-0.4, -0.2) is 32.3 Å². The van der Waals surface area contributed by atoms with Gasteiger partial charge in [-0.2, -0.15) is 13.2 Å². The summed E-state index contributed by atoms with van der Waals surface area (Å²) in [6.07, 6.45) is -2.77. The molecule has 1 atom stereocenters. The van der Waals surface area contributed by atoms with Crippen LogP contribution in [0.15, 0.2) is 53.4 Å². The summed E-state index contributed by atoms with van der Waals surface area (Å²) < 4.78 is 66.4. The molecule has 1 heterocycles. The fourth-order valence-electron chi connectivity index (χ4n) is 3.35. The topological polar surface area (TPSA) is 66.5 Å². The van der Waals surface area contributed by atoms with E-state index in [1.54, 1.807) is 17.0 Å². The first-order chi connectivity index (χ1) is 13.6. The molecular formula is C20H21F3N2O3S. The van der Waals surface area contributed by atoms with E-state index >= 15 is 0 Å². The molecule has 0 bridgehead atoms. The summed E-state index contributed by atoms with van der Waals surface area (Å²) in [5, 5.41) is 0. The summed E-state index contributed by atoms with van der Waals surface area (Å²) in [5.74, 6) is 0.0422. The molecule has 1 unspecified atom stereocenters. The summed E-state index contributed by atoms with van der Waals surface area (Å²) in [6.45, 7) is 3.20. The third-order valence-electron chi connectivity index (χ3n) is 4.82. The van der Waals surface area contributed by atoms with Crippen LogP contribution >= 0.6 is 0 Å². The number of carbonyl (C=O) groups is 1. The van der Waals surface area contributed by atoms with Gasteiger partial charge in [-0.1, -0.05) is 25.1 Å². The van der Waals surface area contributed by atoms with Gasteiger partial charge in [0.05, 0.1) is 21.7 Å². The molecule has 156 valence electrons. The SMILES string of the molecule is CC1CCCN(C(=O)c2ccccc2NS(=O)(=O)c2cccc(C(F)(F)F)c2)C1. The van der Waals surface area contributed by atoms with E-state index in [0.29, 0.717) is 25.1 Å². The van der Waals surface area contributed by atoms with Crippen molar-refractivity contribution in [3.63, 3.8) is 0 Å². The van der Waals surface area contributed by atoms with E-state index < -0.39 is 26.7 Å². The number of halogens is 3. The number of para-hydroxylation sites is 1. The van der Waals surface area contributed by atoms with Gasteiger partial charge < -0.3 is 4.90 Å². The lowest BCUT2D eigenvalue weighted by Gasteiger charge is -2.31. The normalized spacial score (nSPS) is 17.8. The molecular weight excluding hydrogens is 405 g/mol. The van der Waals surface area contributed by atoms with Crippen LogP contribution in [-0.2, 0) is 16.2 Å². The molecule has 2 aromatic carbocycles. The Balaban J connectivity index is 1.90. The van der Waals surface area contributed by atoms with Crippen molar-refractivity contribution in [3.8, 4) is 0 Å². The number of benzene rings is 2. The van der Waals surface area contributed by atoms with Gasteiger partial charge in [0.1, 0.15) is 0 Å². The van der Waals surface area contributed by atoms with Gasteiger partial charge in [0, 0.05) is 13.1 Å². The van der Waals surface area contributed by atoms with Crippen molar-refractivity contribution in [2.75, 3.05) is 17.8 Å². The number of hydrogen-bond acceptors (Lipinski definition) is 3. The molecule has 1 saturated heterocycles. The lowest BCUT2D eigenvalue weighted by atomic mass is 9.99. The zero-order chi connectivity index (χ0) is 21.2. The van der Waals surface area contributed by atoms with Crippen molar-refractivity contribution >= 4 is 21.6 Å². The molecule has 29 heavy (non-hydrogen) atoms. The minimum Gasteiger partial charge on any atom is -0.338 e. The van der Waals surface area contributed by atoms with Gasteiger partial charge >= 0.3 is 6.18 Å². The maximum Gasteiger partial charge on any atom is 0.416 e. The first-order valence-electron chi connectivity index (χ1n) is 9.16. The van der Waals surface area contributed by atoms with E-state index in [1.807, 2.05) is 6.92 Å². The third-order valence-corrected chi connectivity index (χ3v) is 6.18. The maximum absolute atomic E-state index is 12.9. The van der Waals surface area contributed by atoms with Crippen molar-refractivity contribution in [1.29, 1.82) is 0 Å². The zero-order valence-corrected chi connectivity index (χ0v) is 16.6. The maximum atomic E-state index is 12.9. The fraction of sp³-hybridized carbons (Fsp3) is 0.350. The Bertz CT molecular complexity index is 1010. The molecule has 0 aliphatic carbocycles. The minimum absolute atomic E-state index is 0.0353. The second-order valence-electron chi connectivity index (χ2n) is 7.18. The number of piperidine rings is 1. The number of alkyl halides is 3. The molecule has 1 N–H and O–H groups in total. The van der Waals surface area contributed by atoms with Crippen molar-refractivity contribution in [3.05, 3.63) is 59.7 Å². The quantitative estimate of drug-likeness (QED) is 0.789. The molecule has 0 radical (unpaired) electrons. The molecule has 1 aliphatic rings. The van der Waals surface area contributed by atoms with Crippen molar-refractivity contribution < 1.29 is 26.4 Å². The van der Waals surface area contributed by atoms with Crippen molar-refractivity contribution in [2.45, 2.75) is 30.8 Å². The average molecular weight is 426 g/mol. The number of nitrogens with one attached hydrogen (secondary N) is 1. The first kappa shape index (κ1) is 21.2. The second kappa shape index (κ2) is 8.06. The molecule has 5 nitrogen and oxygen atoms in total. The summed E-state index contributed by atoms with van der Waals surface area (Å²) in [7, 11) is -4.31. The molecule has 0 aromatic heterocycles. The zero-order valence-electron chi connectivity index (χ0n) is 15.7. The van der Waals surface area contributed by atoms with E-state index in [2.05, 4.69) is 4.72 Å². The molecule has 1 fully saturated rings. The van der Waals surface area contributed by atoms with E-state index in [-0.39, 0.29) is 17.2 Å². The fourth-order valence-corrected chi connectivity index (χ4v) is 4.47. The number of carbonyl (C=O) groups excluding carboxylic acids is 1. The third kappa shape index (κ3) is 4.90. The van der Waals surface area contributed by atoms with Crippen LogP contribution in [0.2, 0.25) is 0 Å². The van der Waals surface area contributed by atoms with Gasteiger partial charge in [0.2, 0.25) is 0 Å². The molecule has 1 amide bonds. The monoisotopic (exact) mass is 426 g/mol. The molecule has 3 rings (SSSR count). The standard InChI is InChI=1S/C20H21F3N2O3S/c1-14-6-5-11-25(13-14)19(26)17-9-2-3-10-18(17)24-29(27,28)16-8-4-7-15(12-16)20(21,22)23/h2-4,7-10,12,14,24H,5-6,11,13H2,1H3. The number of likely N-dealkylation sites (tertiary alicyclic amines) is 1. The van der Waals surface area contributed by atoms with E-state index in [1.165, 1.54) is 12.1 Å². The van der Waals surface area contributed by atoms with Crippen molar-refractivity contribution in [2.24, 2.45) is 5.92 Å². The Morgan fingerprint density at radius 1 is 1.14 bits per heavy atom. The molecule has 9 heteroatoms. The molecule has 0 saturated carbocycles. The van der Waals surface area contributed by atoms with E-state index in [4.69, 9.17) is 0 Å². The first-order valence-corrected chi connectivity index (χ1v) is 10.6. The van der Waals surface area contributed by atoms with Gasteiger partial charge in [0.15, 0.2) is 0 Å².